The lowest BCUT2D eigenvalue weighted by Crippen LogP contribution is -2.00. The second kappa shape index (κ2) is 4.21. The first kappa shape index (κ1) is 10.7. The summed E-state index contributed by atoms with van der Waals surface area (Å²) in [7, 11) is -4.79. The molecule has 0 heterocycles. The minimum atomic E-state index is -4.79. The van der Waals surface area contributed by atoms with Gasteiger partial charge >= 0.3 is 10.4 Å². The molecule has 0 unspecified atom stereocenters. The fourth-order valence-electron chi connectivity index (χ4n) is 0.805. The molecule has 0 bridgehead atoms. The van der Waals surface area contributed by atoms with Crippen LogP contribution < -0.4 is 0 Å². The molecule has 1 aromatic rings. The maximum Gasteiger partial charge on any atom is 0.448 e. The fourth-order valence-corrected chi connectivity index (χ4v) is 1.05. The van der Waals surface area contributed by atoms with Gasteiger partial charge in [0.05, 0.1) is 0 Å². The number of hydrogen-bond acceptors (Lipinski definition) is 3. The Morgan fingerprint density at radius 2 is 1.93 bits per heavy atom. The van der Waals surface area contributed by atoms with Crippen LogP contribution in [0.4, 0.5) is 4.39 Å². The predicted octanol–water partition coefficient (Wildman–Crippen LogP) is 1.77. The van der Waals surface area contributed by atoms with Crippen molar-refractivity contribution in [2.24, 2.45) is 0 Å². The summed E-state index contributed by atoms with van der Waals surface area (Å²) in [6.07, 6.45) is 0.841. The van der Waals surface area contributed by atoms with Gasteiger partial charge < -0.3 is 4.18 Å². The van der Waals surface area contributed by atoms with E-state index >= 15 is 0 Å². The Morgan fingerprint density at radius 3 is 2.43 bits per heavy atom. The van der Waals surface area contributed by atoms with E-state index in [0.717, 1.165) is 6.08 Å². The lowest BCUT2D eigenvalue weighted by atomic mass is 10.2. The number of rotatable bonds is 3. The molecule has 76 valence electrons. The molecule has 0 saturated heterocycles. The number of halogens is 1. The van der Waals surface area contributed by atoms with E-state index in [2.05, 4.69) is 4.18 Å². The average Bonchev–Trinajstić information content (AvgIpc) is 2.02. The van der Waals surface area contributed by atoms with Crippen LogP contribution in [0.25, 0.3) is 6.08 Å². The third-order valence-corrected chi connectivity index (χ3v) is 1.63. The highest BCUT2D eigenvalue weighted by atomic mass is 32.3. The van der Waals surface area contributed by atoms with Gasteiger partial charge in [-0.05, 0) is 5.56 Å². The molecule has 0 radical (unpaired) electrons. The Labute approximate surface area is 80.6 Å². The first-order valence-electron chi connectivity index (χ1n) is 3.56. The molecular formula is C8H7FO4S. The number of benzene rings is 1. The molecule has 0 spiro atoms. The van der Waals surface area contributed by atoms with Crippen molar-refractivity contribution in [2.45, 2.75) is 0 Å². The average molecular weight is 218 g/mol. The molecule has 1 aromatic carbocycles. The van der Waals surface area contributed by atoms with E-state index in [1.807, 2.05) is 0 Å². The second-order valence-corrected chi connectivity index (χ2v) is 3.39. The zero-order chi connectivity index (χ0) is 10.6. The molecule has 0 aliphatic carbocycles. The minimum absolute atomic E-state index is 0.425. The van der Waals surface area contributed by atoms with Gasteiger partial charge in [-0.25, -0.2) is 0 Å². The Morgan fingerprint density at radius 1 is 1.36 bits per heavy atom. The van der Waals surface area contributed by atoms with E-state index in [1.54, 1.807) is 30.3 Å². The van der Waals surface area contributed by atoms with Crippen molar-refractivity contribution in [3.05, 3.63) is 41.9 Å². The zero-order valence-electron chi connectivity index (χ0n) is 6.92. The summed E-state index contributed by atoms with van der Waals surface area (Å²) in [5.41, 5.74) is 0.425. The van der Waals surface area contributed by atoms with Gasteiger partial charge in [0.25, 0.3) is 6.01 Å². The summed E-state index contributed by atoms with van der Waals surface area (Å²) < 4.78 is 44.6. The van der Waals surface area contributed by atoms with Crippen LogP contribution in [0.1, 0.15) is 5.56 Å². The first-order valence-corrected chi connectivity index (χ1v) is 4.93. The normalized spacial score (nSPS) is 12.6. The lowest BCUT2D eigenvalue weighted by molar-refractivity contribution is 0.269. The smallest absolute Gasteiger partial charge is 0.332 e. The molecule has 0 aliphatic rings. The standard InChI is InChI=1S/C8H7FO4S/c9-8(13-14(10,11)12)6-7-4-2-1-3-5-7/h1-6H,(H,10,11,12). The van der Waals surface area contributed by atoms with Gasteiger partial charge in [-0.3, -0.25) is 4.55 Å². The van der Waals surface area contributed by atoms with Crippen LogP contribution >= 0.6 is 0 Å². The van der Waals surface area contributed by atoms with E-state index in [4.69, 9.17) is 4.55 Å². The van der Waals surface area contributed by atoms with Gasteiger partial charge in [0.15, 0.2) is 0 Å². The Kier molecular flexibility index (Phi) is 3.21. The molecule has 0 saturated carbocycles. The highest BCUT2D eigenvalue weighted by Gasteiger charge is 2.08. The van der Waals surface area contributed by atoms with Gasteiger partial charge in [0, 0.05) is 6.08 Å². The Balaban J connectivity index is 2.80. The number of hydrogen-bond donors (Lipinski definition) is 1. The zero-order valence-corrected chi connectivity index (χ0v) is 7.74. The highest BCUT2D eigenvalue weighted by Crippen LogP contribution is 2.10. The Hall–Kier alpha value is -1.40. The minimum Gasteiger partial charge on any atom is -0.332 e. The van der Waals surface area contributed by atoms with Crippen LogP contribution in [0.3, 0.4) is 0 Å². The summed E-state index contributed by atoms with van der Waals surface area (Å²) in [6, 6.07) is 6.72. The molecule has 1 N–H and O–H groups in total. The van der Waals surface area contributed by atoms with E-state index in [-0.39, 0.29) is 0 Å². The third kappa shape index (κ3) is 4.01. The molecule has 0 aliphatic heterocycles. The van der Waals surface area contributed by atoms with Crippen molar-refractivity contribution in [3.63, 3.8) is 0 Å². The van der Waals surface area contributed by atoms with Gasteiger partial charge in [-0.2, -0.15) is 12.8 Å². The van der Waals surface area contributed by atoms with Crippen LogP contribution in [0, 0.1) is 0 Å². The first-order chi connectivity index (χ1) is 6.47. The van der Waals surface area contributed by atoms with E-state index < -0.39 is 16.4 Å². The van der Waals surface area contributed by atoms with Crippen molar-refractivity contribution in [1.82, 2.24) is 0 Å². The van der Waals surface area contributed by atoms with Crippen LogP contribution in [0.2, 0.25) is 0 Å². The molecule has 14 heavy (non-hydrogen) atoms. The predicted molar refractivity (Wildman–Crippen MR) is 48.2 cm³/mol. The largest absolute Gasteiger partial charge is 0.448 e. The highest BCUT2D eigenvalue weighted by molar-refractivity contribution is 7.81. The summed E-state index contributed by atoms with van der Waals surface area (Å²) >= 11 is 0. The fraction of sp³-hybridized carbons (Fsp3) is 0. The summed E-state index contributed by atoms with van der Waals surface area (Å²) in [4.78, 5) is 0. The van der Waals surface area contributed by atoms with Gasteiger partial charge in [0.2, 0.25) is 0 Å². The molecular weight excluding hydrogens is 211 g/mol. The van der Waals surface area contributed by atoms with Crippen molar-refractivity contribution >= 4 is 16.5 Å². The summed E-state index contributed by atoms with van der Waals surface area (Å²) in [6.45, 7) is 0. The van der Waals surface area contributed by atoms with E-state index in [1.165, 1.54) is 0 Å². The van der Waals surface area contributed by atoms with Crippen molar-refractivity contribution in [3.8, 4) is 0 Å². The van der Waals surface area contributed by atoms with Crippen LogP contribution in [-0.2, 0) is 14.6 Å². The molecule has 4 nitrogen and oxygen atoms in total. The molecule has 0 fully saturated rings. The molecule has 0 amide bonds. The topological polar surface area (TPSA) is 63.6 Å². The van der Waals surface area contributed by atoms with Crippen molar-refractivity contribution in [2.75, 3.05) is 0 Å². The van der Waals surface area contributed by atoms with E-state index in [9.17, 15) is 12.8 Å². The monoisotopic (exact) mass is 218 g/mol. The Bertz CT molecular complexity index is 424. The van der Waals surface area contributed by atoms with Gasteiger partial charge in [-0.15, -0.1) is 0 Å². The molecule has 0 atom stereocenters. The third-order valence-electron chi connectivity index (χ3n) is 1.26. The second-order valence-electron chi connectivity index (χ2n) is 2.37. The van der Waals surface area contributed by atoms with Crippen molar-refractivity contribution in [1.29, 1.82) is 0 Å². The van der Waals surface area contributed by atoms with Crippen LogP contribution in [-0.4, -0.2) is 13.0 Å². The summed E-state index contributed by atoms with van der Waals surface area (Å²) in [5, 5.41) is 0. The molecule has 6 heteroatoms. The van der Waals surface area contributed by atoms with Crippen LogP contribution in [0.5, 0.6) is 0 Å². The van der Waals surface area contributed by atoms with Gasteiger partial charge in [0.1, 0.15) is 0 Å². The van der Waals surface area contributed by atoms with Gasteiger partial charge in [-0.1, -0.05) is 30.3 Å². The lowest BCUT2D eigenvalue weighted by Gasteiger charge is -1.96. The van der Waals surface area contributed by atoms with E-state index in [0.29, 0.717) is 5.56 Å². The van der Waals surface area contributed by atoms with Crippen LogP contribution in [0.15, 0.2) is 36.3 Å². The maximum atomic E-state index is 12.7. The maximum absolute atomic E-state index is 12.7. The SMILES string of the molecule is O=S(=O)(O)OC(F)=Cc1ccccc1. The quantitative estimate of drug-likeness (QED) is 0.620. The summed E-state index contributed by atoms with van der Waals surface area (Å²) in [5.74, 6) is 0. The van der Waals surface area contributed by atoms with Crippen molar-refractivity contribution < 1.29 is 21.5 Å². The molecule has 0 aromatic heterocycles. The molecule has 1 rings (SSSR count).